The molecular formula is C15H22ClN3O. The van der Waals surface area contributed by atoms with E-state index in [1.165, 1.54) is 0 Å². The number of benzene rings is 1. The van der Waals surface area contributed by atoms with Crippen molar-refractivity contribution < 1.29 is 4.79 Å². The van der Waals surface area contributed by atoms with Crippen LogP contribution < -0.4 is 5.73 Å². The third kappa shape index (κ3) is 3.07. The highest BCUT2D eigenvalue weighted by Gasteiger charge is 2.26. The molecular weight excluding hydrogens is 274 g/mol. The zero-order chi connectivity index (χ0) is 14.7. The van der Waals surface area contributed by atoms with E-state index < -0.39 is 0 Å². The van der Waals surface area contributed by atoms with Crippen LogP contribution in [0.4, 0.5) is 5.69 Å². The predicted molar refractivity (Wildman–Crippen MR) is 83.1 cm³/mol. The van der Waals surface area contributed by atoms with Crippen molar-refractivity contribution in [3.8, 4) is 0 Å². The third-order valence-corrected chi connectivity index (χ3v) is 4.55. The second-order valence-corrected chi connectivity index (χ2v) is 5.67. The van der Waals surface area contributed by atoms with Crippen molar-refractivity contribution in [2.75, 3.05) is 32.4 Å². The second-order valence-electron chi connectivity index (χ2n) is 5.29. The molecule has 2 rings (SSSR count). The average Bonchev–Trinajstić information content (AvgIpc) is 2.48. The number of piperidine rings is 1. The Kier molecular flexibility index (Phi) is 4.89. The Balaban J connectivity index is 2.07. The first kappa shape index (κ1) is 15.1. The van der Waals surface area contributed by atoms with Gasteiger partial charge in [-0.15, -0.1) is 0 Å². The van der Waals surface area contributed by atoms with Crippen molar-refractivity contribution in [1.29, 1.82) is 0 Å². The van der Waals surface area contributed by atoms with Crippen LogP contribution in [-0.4, -0.2) is 48.4 Å². The van der Waals surface area contributed by atoms with E-state index in [0.29, 0.717) is 16.3 Å². The van der Waals surface area contributed by atoms with Crippen LogP contribution in [0.25, 0.3) is 0 Å². The molecule has 0 radical (unpaired) electrons. The van der Waals surface area contributed by atoms with Crippen LogP contribution in [0.2, 0.25) is 5.02 Å². The maximum Gasteiger partial charge on any atom is 0.255 e. The molecule has 110 valence electrons. The van der Waals surface area contributed by atoms with E-state index in [2.05, 4.69) is 11.8 Å². The molecule has 1 heterocycles. The summed E-state index contributed by atoms with van der Waals surface area (Å²) >= 11 is 6.14. The number of carbonyl (C=O) groups is 1. The molecule has 1 aromatic rings. The Bertz CT molecular complexity index is 484. The van der Waals surface area contributed by atoms with Gasteiger partial charge in [0.1, 0.15) is 0 Å². The van der Waals surface area contributed by atoms with E-state index >= 15 is 0 Å². The molecule has 1 aliphatic heterocycles. The number of anilines is 1. The van der Waals surface area contributed by atoms with Gasteiger partial charge in [-0.1, -0.05) is 24.6 Å². The highest BCUT2D eigenvalue weighted by atomic mass is 35.5. The molecule has 0 saturated carbocycles. The zero-order valence-electron chi connectivity index (χ0n) is 12.1. The number of hydrogen-bond donors (Lipinski definition) is 1. The summed E-state index contributed by atoms with van der Waals surface area (Å²) in [5.74, 6) is -0.0442. The minimum Gasteiger partial charge on any atom is -0.398 e. The number of nitrogens with zero attached hydrogens (tertiary/aromatic N) is 2. The molecule has 1 fully saturated rings. The first-order chi connectivity index (χ1) is 9.54. The zero-order valence-corrected chi connectivity index (χ0v) is 12.9. The Morgan fingerprint density at radius 3 is 2.70 bits per heavy atom. The van der Waals surface area contributed by atoms with Crippen molar-refractivity contribution in [2.24, 2.45) is 0 Å². The number of nitrogens with two attached hydrogens (primary N) is 1. The molecule has 0 unspecified atom stereocenters. The van der Waals surface area contributed by atoms with Crippen LogP contribution in [0.1, 0.15) is 30.1 Å². The summed E-state index contributed by atoms with van der Waals surface area (Å²) in [6.07, 6.45) is 2.02. The molecule has 5 heteroatoms. The van der Waals surface area contributed by atoms with E-state index in [0.717, 1.165) is 32.5 Å². The van der Waals surface area contributed by atoms with Crippen molar-refractivity contribution >= 4 is 23.2 Å². The molecule has 0 atom stereocenters. The second kappa shape index (κ2) is 6.46. The summed E-state index contributed by atoms with van der Waals surface area (Å²) in [6.45, 7) is 5.33. The van der Waals surface area contributed by atoms with Crippen molar-refractivity contribution in [3.63, 3.8) is 0 Å². The lowest BCUT2D eigenvalue weighted by Crippen LogP contribution is -2.45. The third-order valence-electron chi connectivity index (χ3n) is 4.13. The van der Waals surface area contributed by atoms with Gasteiger partial charge in [-0.2, -0.15) is 0 Å². The fraction of sp³-hybridized carbons (Fsp3) is 0.533. The van der Waals surface area contributed by atoms with Gasteiger partial charge in [-0.25, -0.2) is 0 Å². The summed E-state index contributed by atoms with van der Waals surface area (Å²) in [7, 11) is 1.86. The maximum absolute atomic E-state index is 12.5. The van der Waals surface area contributed by atoms with Gasteiger partial charge in [0.15, 0.2) is 0 Å². The van der Waals surface area contributed by atoms with E-state index in [1.807, 2.05) is 11.9 Å². The van der Waals surface area contributed by atoms with Crippen LogP contribution in [0.5, 0.6) is 0 Å². The number of halogens is 1. The van der Waals surface area contributed by atoms with Crippen LogP contribution in [0.3, 0.4) is 0 Å². The Morgan fingerprint density at radius 2 is 2.10 bits per heavy atom. The standard InChI is InChI=1S/C15H22ClN3O/c1-3-19-9-7-11(8-10-19)18(2)15(20)12-5-4-6-13(17)14(12)16/h4-6,11H,3,7-10,17H2,1-2H3. The molecule has 20 heavy (non-hydrogen) atoms. The summed E-state index contributed by atoms with van der Waals surface area (Å²) < 4.78 is 0. The summed E-state index contributed by atoms with van der Waals surface area (Å²) in [4.78, 5) is 16.8. The van der Waals surface area contributed by atoms with Crippen molar-refractivity contribution in [3.05, 3.63) is 28.8 Å². The van der Waals surface area contributed by atoms with Gasteiger partial charge in [-0.3, -0.25) is 4.79 Å². The number of nitrogen functional groups attached to an aromatic ring is 1. The Hall–Kier alpha value is -1.26. The number of likely N-dealkylation sites (tertiary alicyclic amines) is 1. The molecule has 0 bridgehead atoms. The predicted octanol–water partition coefficient (Wildman–Crippen LogP) is 2.48. The van der Waals surface area contributed by atoms with Crippen LogP contribution in [-0.2, 0) is 0 Å². The molecule has 0 aliphatic carbocycles. The minimum atomic E-state index is -0.0442. The molecule has 1 saturated heterocycles. The van der Waals surface area contributed by atoms with Gasteiger partial charge in [0.25, 0.3) is 5.91 Å². The molecule has 0 aromatic heterocycles. The highest BCUT2D eigenvalue weighted by Crippen LogP contribution is 2.25. The topological polar surface area (TPSA) is 49.6 Å². The first-order valence-corrected chi connectivity index (χ1v) is 7.46. The van der Waals surface area contributed by atoms with Crippen LogP contribution in [0.15, 0.2) is 18.2 Å². The monoisotopic (exact) mass is 295 g/mol. The quantitative estimate of drug-likeness (QED) is 0.872. The minimum absolute atomic E-state index is 0.0442. The fourth-order valence-corrected chi connectivity index (χ4v) is 2.90. The Labute approximate surface area is 125 Å². The van der Waals surface area contributed by atoms with E-state index in [9.17, 15) is 4.79 Å². The van der Waals surface area contributed by atoms with Crippen molar-refractivity contribution in [1.82, 2.24) is 9.80 Å². The Morgan fingerprint density at radius 1 is 1.45 bits per heavy atom. The van der Waals surface area contributed by atoms with Crippen LogP contribution in [0, 0.1) is 0 Å². The smallest absolute Gasteiger partial charge is 0.255 e. The number of rotatable bonds is 3. The first-order valence-electron chi connectivity index (χ1n) is 7.08. The summed E-state index contributed by atoms with van der Waals surface area (Å²) in [6, 6.07) is 5.49. The van der Waals surface area contributed by atoms with E-state index in [1.54, 1.807) is 18.2 Å². The van der Waals surface area contributed by atoms with Crippen molar-refractivity contribution in [2.45, 2.75) is 25.8 Å². The van der Waals surface area contributed by atoms with Gasteiger partial charge in [-0.05, 0) is 31.5 Å². The summed E-state index contributed by atoms with van der Waals surface area (Å²) in [5, 5.41) is 0.357. The fourth-order valence-electron chi connectivity index (χ4n) is 2.69. The highest BCUT2D eigenvalue weighted by molar-refractivity contribution is 6.36. The van der Waals surface area contributed by atoms with Crippen LogP contribution >= 0.6 is 11.6 Å². The van der Waals surface area contributed by atoms with Gasteiger partial charge < -0.3 is 15.5 Å². The van der Waals surface area contributed by atoms with Gasteiger partial charge in [0.2, 0.25) is 0 Å². The number of amides is 1. The maximum atomic E-state index is 12.5. The lowest BCUT2D eigenvalue weighted by molar-refractivity contribution is 0.0647. The van der Waals surface area contributed by atoms with Gasteiger partial charge in [0, 0.05) is 26.2 Å². The largest absolute Gasteiger partial charge is 0.398 e. The number of carbonyl (C=O) groups excluding carboxylic acids is 1. The lowest BCUT2D eigenvalue weighted by atomic mass is 10.0. The number of hydrogen-bond acceptors (Lipinski definition) is 3. The molecule has 4 nitrogen and oxygen atoms in total. The van der Waals surface area contributed by atoms with Gasteiger partial charge >= 0.3 is 0 Å². The van der Waals surface area contributed by atoms with Gasteiger partial charge in [0.05, 0.1) is 16.3 Å². The normalized spacial score (nSPS) is 17.1. The molecule has 0 spiro atoms. The molecule has 1 aliphatic rings. The molecule has 1 amide bonds. The van der Waals surface area contributed by atoms with E-state index in [-0.39, 0.29) is 11.9 Å². The van der Waals surface area contributed by atoms with E-state index in [4.69, 9.17) is 17.3 Å². The molecule has 2 N–H and O–H groups in total. The SMILES string of the molecule is CCN1CCC(N(C)C(=O)c2cccc(N)c2Cl)CC1. The summed E-state index contributed by atoms with van der Waals surface area (Å²) in [5.41, 5.74) is 6.71. The molecule has 1 aromatic carbocycles. The lowest BCUT2D eigenvalue weighted by Gasteiger charge is -2.36. The average molecular weight is 296 g/mol.